The average molecular weight is 383 g/mol. The third kappa shape index (κ3) is 3.99. The summed E-state index contributed by atoms with van der Waals surface area (Å²) in [7, 11) is 1.64. The topological polar surface area (TPSA) is 56.8 Å². The van der Waals surface area contributed by atoms with Crippen LogP contribution in [0.2, 0.25) is 0 Å². The van der Waals surface area contributed by atoms with Crippen LogP contribution in [0.3, 0.4) is 0 Å². The van der Waals surface area contributed by atoms with E-state index in [9.17, 15) is 4.79 Å². The summed E-state index contributed by atoms with van der Waals surface area (Å²) < 4.78 is 16.5. The van der Waals surface area contributed by atoms with E-state index in [1.54, 1.807) is 7.11 Å². The summed E-state index contributed by atoms with van der Waals surface area (Å²) >= 11 is 0. The lowest BCUT2D eigenvalue weighted by molar-refractivity contribution is -0.125. The second-order valence-electron chi connectivity index (χ2n) is 7.25. The smallest absolute Gasteiger partial charge is 0.235 e. The van der Waals surface area contributed by atoms with E-state index < -0.39 is 5.41 Å². The van der Waals surface area contributed by atoms with Gasteiger partial charge in [0, 0.05) is 18.9 Å². The average Bonchev–Trinajstić information content (AvgIpc) is 2.71. The van der Waals surface area contributed by atoms with Crippen molar-refractivity contribution in [3.63, 3.8) is 0 Å². The zero-order chi connectivity index (χ0) is 20.1. The van der Waals surface area contributed by atoms with Crippen molar-refractivity contribution < 1.29 is 19.0 Å². The van der Waals surface area contributed by atoms with Crippen molar-refractivity contribution in [2.24, 2.45) is 0 Å². The highest BCUT2D eigenvalue weighted by molar-refractivity contribution is 5.99. The fourth-order valence-electron chi connectivity index (χ4n) is 3.92. The number of carbonyl (C=O) groups is 1. The molecule has 0 saturated carbocycles. The van der Waals surface area contributed by atoms with Gasteiger partial charge < -0.3 is 19.5 Å². The first-order valence-electron chi connectivity index (χ1n) is 9.78. The monoisotopic (exact) mass is 383 g/mol. The second-order valence-corrected chi connectivity index (χ2v) is 7.25. The third-order valence-electron chi connectivity index (χ3n) is 5.43. The van der Waals surface area contributed by atoms with Crippen molar-refractivity contribution >= 4 is 11.6 Å². The van der Waals surface area contributed by atoms with Crippen molar-refractivity contribution in [1.29, 1.82) is 0 Å². The first kappa shape index (κ1) is 20.2. The standard InChI is InChI=1S/C23H29NO4/c1-5-28-21-16(2)14-19(15-17(21)3)24-22(25)23(10-12-27-13-11-23)18-6-8-20(26-4)9-7-18/h6-9,14-15H,5,10-13H2,1-4H3,(H,24,25). The number of benzene rings is 2. The Bertz CT molecular complexity index is 800. The van der Waals surface area contributed by atoms with Crippen LogP contribution in [-0.2, 0) is 14.9 Å². The van der Waals surface area contributed by atoms with Crippen LogP contribution in [0.25, 0.3) is 0 Å². The number of ether oxygens (including phenoxy) is 3. The van der Waals surface area contributed by atoms with Gasteiger partial charge in [-0.1, -0.05) is 12.1 Å². The summed E-state index contributed by atoms with van der Waals surface area (Å²) in [6.45, 7) is 7.73. The highest BCUT2D eigenvalue weighted by atomic mass is 16.5. The molecular weight excluding hydrogens is 354 g/mol. The molecule has 1 aliphatic heterocycles. The number of aryl methyl sites for hydroxylation is 2. The molecule has 2 aromatic carbocycles. The molecule has 1 aliphatic rings. The van der Waals surface area contributed by atoms with Crippen molar-refractivity contribution in [3.8, 4) is 11.5 Å². The first-order chi connectivity index (χ1) is 13.5. The van der Waals surface area contributed by atoms with Crippen LogP contribution in [0.1, 0.15) is 36.5 Å². The van der Waals surface area contributed by atoms with Gasteiger partial charge in [0.25, 0.3) is 0 Å². The van der Waals surface area contributed by atoms with E-state index >= 15 is 0 Å². The van der Waals surface area contributed by atoms with E-state index in [1.165, 1.54) is 0 Å². The number of anilines is 1. The lowest BCUT2D eigenvalue weighted by Crippen LogP contribution is -2.44. The summed E-state index contributed by atoms with van der Waals surface area (Å²) in [6, 6.07) is 11.7. The van der Waals surface area contributed by atoms with E-state index in [0.717, 1.165) is 33.9 Å². The molecule has 1 fully saturated rings. The molecule has 0 unspecified atom stereocenters. The van der Waals surface area contributed by atoms with E-state index in [4.69, 9.17) is 14.2 Å². The summed E-state index contributed by atoms with van der Waals surface area (Å²) in [5, 5.41) is 3.15. The van der Waals surface area contributed by atoms with Gasteiger partial charge in [-0.05, 0) is 74.6 Å². The van der Waals surface area contributed by atoms with E-state index in [2.05, 4.69) is 5.32 Å². The Morgan fingerprint density at radius 1 is 1.11 bits per heavy atom. The molecule has 0 bridgehead atoms. The Hall–Kier alpha value is -2.53. The SMILES string of the molecule is CCOc1c(C)cc(NC(=O)C2(c3ccc(OC)cc3)CCOCC2)cc1C. The minimum Gasteiger partial charge on any atom is -0.497 e. The number of nitrogens with one attached hydrogen (secondary N) is 1. The van der Waals surface area contributed by atoms with Crippen molar-refractivity contribution in [1.82, 2.24) is 0 Å². The van der Waals surface area contributed by atoms with Gasteiger partial charge >= 0.3 is 0 Å². The Labute approximate surface area is 167 Å². The Morgan fingerprint density at radius 2 is 1.71 bits per heavy atom. The highest BCUT2D eigenvalue weighted by Gasteiger charge is 2.41. The van der Waals surface area contributed by atoms with Gasteiger partial charge in [-0.25, -0.2) is 0 Å². The molecule has 0 radical (unpaired) electrons. The molecule has 1 saturated heterocycles. The fraction of sp³-hybridized carbons (Fsp3) is 0.435. The molecule has 1 N–H and O–H groups in total. The molecule has 150 valence electrons. The lowest BCUT2D eigenvalue weighted by atomic mass is 9.73. The van der Waals surface area contributed by atoms with Gasteiger partial charge in [0.15, 0.2) is 0 Å². The molecule has 2 aromatic rings. The molecule has 0 spiro atoms. The van der Waals surface area contributed by atoms with Crippen LogP contribution in [0.5, 0.6) is 11.5 Å². The number of amides is 1. The maximum Gasteiger partial charge on any atom is 0.235 e. The summed E-state index contributed by atoms with van der Waals surface area (Å²) in [4.78, 5) is 13.4. The molecule has 1 amide bonds. The molecule has 5 heteroatoms. The Kier molecular flexibility index (Phi) is 6.25. The maximum absolute atomic E-state index is 13.4. The normalized spacial score (nSPS) is 15.7. The third-order valence-corrected chi connectivity index (χ3v) is 5.43. The van der Waals surface area contributed by atoms with Gasteiger partial charge in [0.1, 0.15) is 11.5 Å². The van der Waals surface area contributed by atoms with Crippen molar-refractivity contribution in [2.45, 2.75) is 39.0 Å². The fourth-order valence-corrected chi connectivity index (χ4v) is 3.92. The van der Waals surface area contributed by atoms with Gasteiger partial charge in [-0.15, -0.1) is 0 Å². The Balaban J connectivity index is 1.90. The van der Waals surface area contributed by atoms with Crippen LogP contribution in [0.15, 0.2) is 36.4 Å². The van der Waals surface area contributed by atoms with E-state index in [-0.39, 0.29) is 5.91 Å². The summed E-state index contributed by atoms with van der Waals surface area (Å²) in [5.41, 5.74) is 3.21. The molecule has 0 aromatic heterocycles. The van der Waals surface area contributed by atoms with E-state index in [0.29, 0.717) is 32.7 Å². The Morgan fingerprint density at radius 3 is 2.25 bits per heavy atom. The quantitative estimate of drug-likeness (QED) is 0.803. The molecule has 0 atom stereocenters. The second kappa shape index (κ2) is 8.65. The minimum atomic E-state index is -0.606. The van der Waals surface area contributed by atoms with Gasteiger partial charge in [0.2, 0.25) is 5.91 Å². The molecule has 5 nitrogen and oxygen atoms in total. The van der Waals surface area contributed by atoms with Gasteiger partial charge in [0.05, 0.1) is 19.1 Å². The number of carbonyl (C=O) groups excluding carboxylic acids is 1. The molecule has 28 heavy (non-hydrogen) atoms. The van der Waals surface area contributed by atoms with Crippen molar-refractivity contribution in [3.05, 3.63) is 53.1 Å². The van der Waals surface area contributed by atoms with Crippen LogP contribution < -0.4 is 14.8 Å². The molecular formula is C23H29NO4. The highest BCUT2D eigenvalue weighted by Crippen LogP contribution is 2.37. The lowest BCUT2D eigenvalue weighted by Gasteiger charge is -2.36. The largest absolute Gasteiger partial charge is 0.497 e. The zero-order valence-corrected chi connectivity index (χ0v) is 17.1. The molecule has 3 rings (SSSR count). The van der Waals surface area contributed by atoms with Crippen LogP contribution in [0, 0.1) is 13.8 Å². The van der Waals surface area contributed by atoms with Crippen LogP contribution in [0.4, 0.5) is 5.69 Å². The predicted octanol–water partition coefficient (Wildman–Crippen LogP) is 4.40. The summed E-state index contributed by atoms with van der Waals surface area (Å²) in [5.74, 6) is 1.67. The van der Waals surface area contributed by atoms with Gasteiger partial charge in [-0.2, -0.15) is 0 Å². The van der Waals surface area contributed by atoms with E-state index in [1.807, 2.05) is 57.2 Å². The molecule has 0 aliphatic carbocycles. The van der Waals surface area contributed by atoms with Gasteiger partial charge in [-0.3, -0.25) is 4.79 Å². The number of methoxy groups -OCH3 is 1. The summed E-state index contributed by atoms with van der Waals surface area (Å²) in [6.07, 6.45) is 1.31. The molecule has 1 heterocycles. The minimum absolute atomic E-state index is 0.00364. The van der Waals surface area contributed by atoms with Crippen LogP contribution >= 0.6 is 0 Å². The maximum atomic E-state index is 13.4. The van der Waals surface area contributed by atoms with Crippen molar-refractivity contribution in [2.75, 3.05) is 32.2 Å². The number of hydrogen-bond donors (Lipinski definition) is 1. The van der Waals surface area contributed by atoms with Crippen LogP contribution in [-0.4, -0.2) is 32.8 Å². The number of rotatable bonds is 6. The first-order valence-corrected chi connectivity index (χ1v) is 9.78. The number of hydrogen-bond acceptors (Lipinski definition) is 4. The zero-order valence-electron chi connectivity index (χ0n) is 17.1. The predicted molar refractivity (Wildman–Crippen MR) is 110 cm³/mol.